The van der Waals surface area contributed by atoms with Crippen molar-refractivity contribution in [1.82, 2.24) is 4.98 Å². The van der Waals surface area contributed by atoms with Gasteiger partial charge in [-0.3, -0.25) is 4.98 Å². The summed E-state index contributed by atoms with van der Waals surface area (Å²) in [7, 11) is 0. The standard InChI is InChI=1S/C36H24N2/c1-3-9-24(10-4-1)29-20-30-22-37-36-32(27-16-15-25-11-7-8-12-26(25)19-27)18-17-28-23-38(31-13-5-2-6-14-31)33(21-29)34(30)35(28)36/h1-22H,23H2. The molecule has 0 fully saturated rings. The smallest absolute Gasteiger partial charge is 0.0791 e. The van der Waals surface area contributed by atoms with Gasteiger partial charge in [-0.05, 0) is 63.4 Å². The van der Waals surface area contributed by atoms with E-state index in [9.17, 15) is 0 Å². The summed E-state index contributed by atoms with van der Waals surface area (Å²) >= 11 is 0. The number of anilines is 2. The summed E-state index contributed by atoms with van der Waals surface area (Å²) in [5, 5.41) is 6.23. The fourth-order valence-corrected chi connectivity index (χ4v) is 6.03. The zero-order valence-corrected chi connectivity index (χ0v) is 20.8. The highest BCUT2D eigenvalue weighted by Gasteiger charge is 2.25. The van der Waals surface area contributed by atoms with Crippen molar-refractivity contribution in [3.8, 4) is 22.3 Å². The van der Waals surface area contributed by atoms with Gasteiger partial charge >= 0.3 is 0 Å². The first-order valence-electron chi connectivity index (χ1n) is 13.1. The second-order valence-electron chi connectivity index (χ2n) is 10.1. The Hall–Kier alpha value is -4.95. The predicted octanol–water partition coefficient (Wildman–Crippen LogP) is 9.53. The monoisotopic (exact) mass is 484 g/mol. The largest absolute Gasteiger partial charge is 0.336 e. The van der Waals surface area contributed by atoms with E-state index in [1.807, 2.05) is 0 Å². The molecular weight excluding hydrogens is 460 g/mol. The van der Waals surface area contributed by atoms with E-state index in [1.165, 1.54) is 66.1 Å². The molecule has 0 bridgehead atoms. The van der Waals surface area contributed by atoms with Gasteiger partial charge in [0.1, 0.15) is 0 Å². The van der Waals surface area contributed by atoms with Gasteiger partial charge < -0.3 is 4.90 Å². The number of hydrogen-bond acceptors (Lipinski definition) is 2. The van der Waals surface area contributed by atoms with E-state index in [0.717, 1.165) is 12.1 Å². The number of para-hydroxylation sites is 1. The fraction of sp³-hybridized carbons (Fsp3) is 0.0278. The van der Waals surface area contributed by atoms with Crippen LogP contribution in [-0.2, 0) is 6.54 Å². The third-order valence-electron chi connectivity index (χ3n) is 7.85. The third-order valence-corrected chi connectivity index (χ3v) is 7.85. The molecule has 6 aromatic carbocycles. The minimum Gasteiger partial charge on any atom is -0.336 e. The highest BCUT2D eigenvalue weighted by Crippen LogP contribution is 2.46. The molecule has 7 aromatic rings. The highest BCUT2D eigenvalue weighted by molar-refractivity contribution is 6.19. The number of pyridine rings is 1. The van der Waals surface area contributed by atoms with Gasteiger partial charge in [-0.1, -0.05) is 97.1 Å². The Kier molecular flexibility index (Phi) is 4.62. The maximum atomic E-state index is 5.12. The van der Waals surface area contributed by atoms with Crippen molar-refractivity contribution in [1.29, 1.82) is 0 Å². The van der Waals surface area contributed by atoms with Gasteiger partial charge in [0, 0.05) is 40.2 Å². The van der Waals surface area contributed by atoms with Gasteiger partial charge in [-0.15, -0.1) is 0 Å². The molecule has 1 aliphatic heterocycles. The van der Waals surface area contributed by atoms with Gasteiger partial charge in [0.15, 0.2) is 0 Å². The van der Waals surface area contributed by atoms with Crippen LogP contribution < -0.4 is 4.90 Å². The molecule has 38 heavy (non-hydrogen) atoms. The van der Waals surface area contributed by atoms with Gasteiger partial charge in [0.05, 0.1) is 11.2 Å². The van der Waals surface area contributed by atoms with Crippen LogP contribution in [0.5, 0.6) is 0 Å². The Bertz CT molecular complexity index is 1990. The fourth-order valence-electron chi connectivity index (χ4n) is 6.03. The van der Waals surface area contributed by atoms with Gasteiger partial charge in [0.2, 0.25) is 0 Å². The average molecular weight is 485 g/mol. The molecule has 8 rings (SSSR count). The highest BCUT2D eigenvalue weighted by atomic mass is 15.1. The third kappa shape index (κ3) is 3.24. The number of rotatable bonds is 3. The van der Waals surface area contributed by atoms with Crippen molar-refractivity contribution in [3.05, 3.63) is 139 Å². The lowest BCUT2D eigenvalue weighted by atomic mass is 9.89. The maximum Gasteiger partial charge on any atom is 0.0791 e. The molecule has 2 heteroatoms. The summed E-state index contributed by atoms with van der Waals surface area (Å²) in [5.41, 5.74) is 9.64. The van der Waals surface area contributed by atoms with Crippen molar-refractivity contribution in [2.24, 2.45) is 0 Å². The Morgan fingerprint density at radius 3 is 2.11 bits per heavy atom. The molecule has 1 aromatic heterocycles. The average Bonchev–Trinajstić information content (AvgIpc) is 3.00. The Labute approximate surface area is 221 Å². The minimum absolute atomic E-state index is 0.810. The van der Waals surface area contributed by atoms with E-state index < -0.39 is 0 Å². The Morgan fingerprint density at radius 2 is 1.26 bits per heavy atom. The summed E-state index contributed by atoms with van der Waals surface area (Å²) in [6.07, 6.45) is 2.07. The van der Waals surface area contributed by atoms with Crippen LogP contribution in [-0.4, -0.2) is 4.98 Å². The van der Waals surface area contributed by atoms with Crippen LogP contribution in [0.15, 0.2) is 134 Å². The molecule has 0 saturated heterocycles. The van der Waals surface area contributed by atoms with E-state index in [4.69, 9.17) is 4.98 Å². The maximum absolute atomic E-state index is 5.12. The summed E-state index contributed by atoms with van der Waals surface area (Å²) in [6, 6.07) is 45.9. The normalized spacial score (nSPS) is 12.6. The Balaban J connectivity index is 1.43. The summed E-state index contributed by atoms with van der Waals surface area (Å²) in [6.45, 7) is 0.810. The first-order valence-corrected chi connectivity index (χ1v) is 13.1. The number of benzene rings is 6. The van der Waals surface area contributed by atoms with Crippen molar-refractivity contribution >= 4 is 43.8 Å². The van der Waals surface area contributed by atoms with E-state index in [0.29, 0.717) is 0 Å². The van der Waals surface area contributed by atoms with Crippen LogP contribution in [0.1, 0.15) is 5.56 Å². The van der Waals surface area contributed by atoms with Crippen LogP contribution >= 0.6 is 0 Å². The van der Waals surface area contributed by atoms with E-state index in [1.54, 1.807) is 0 Å². The van der Waals surface area contributed by atoms with Crippen LogP contribution in [0.4, 0.5) is 11.4 Å². The first-order chi connectivity index (χ1) is 18.8. The lowest BCUT2D eigenvalue weighted by Crippen LogP contribution is -2.20. The second-order valence-corrected chi connectivity index (χ2v) is 10.1. The van der Waals surface area contributed by atoms with E-state index >= 15 is 0 Å². The predicted molar refractivity (Wildman–Crippen MR) is 160 cm³/mol. The van der Waals surface area contributed by atoms with E-state index in [-0.39, 0.29) is 0 Å². The summed E-state index contributed by atoms with van der Waals surface area (Å²) in [5.74, 6) is 0. The minimum atomic E-state index is 0.810. The molecule has 0 N–H and O–H groups in total. The molecule has 2 heterocycles. The second kappa shape index (κ2) is 8.29. The zero-order chi connectivity index (χ0) is 25.1. The molecule has 0 radical (unpaired) electrons. The molecular formula is C36H24N2. The van der Waals surface area contributed by atoms with E-state index in [2.05, 4.69) is 138 Å². The molecule has 0 saturated carbocycles. The molecule has 0 aliphatic carbocycles. The Morgan fingerprint density at radius 1 is 0.526 bits per heavy atom. The van der Waals surface area contributed by atoms with Gasteiger partial charge in [-0.25, -0.2) is 0 Å². The summed E-state index contributed by atoms with van der Waals surface area (Å²) < 4.78 is 0. The molecule has 0 atom stereocenters. The SMILES string of the molecule is c1ccc(-c2cc3c4c(cnc5c(-c6ccc7ccccc7c6)ccc(c54)CN3c3ccccc3)c2)cc1. The van der Waals surface area contributed by atoms with Crippen LogP contribution in [0.3, 0.4) is 0 Å². The van der Waals surface area contributed by atoms with Crippen molar-refractivity contribution in [3.63, 3.8) is 0 Å². The van der Waals surface area contributed by atoms with Gasteiger partial charge in [0.25, 0.3) is 0 Å². The van der Waals surface area contributed by atoms with Crippen LogP contribution in [0.25, 0.3) is 54.7 Å². The summed E-state index contributed by atoms with van der Waals surface area (Å²) in [4.78, 5) is 7.57. The number of aromatic nitrogens is 1. The van der Waals surface area contributed by atoms with Crippen LogP contribution in [0.2, 0.25) is 0 Å². The van der Waals surface area contributed by atoms with Crippen LogP contribution in [0, 0.1) is 0 Å². The number of hydrogen-bond donors (Lipinski definition) is 0. The topological polar surface area (TPSA) is 16.1 Å². The number of fused-ring (bicyclic) bond motifs is 1. The number of nitrogens with zero attached hydrogens (tertiary/aromatic N) is 2. The van der Waals surface area contributed by atoms with Crippen molar-refractivity contribution < 1.29 is 0 Å². The quantitative estimate of drug-likeness (QED) is 0.232. The first kappa shape index (κ1) is 21.2. The van der Waals surface area contributed by atoms with Crippen molar-refractivity contribution in [2.75, 3.05) is 4.90 Å². The molecule has 178 valence electrons. The lowest BCUT2D eigenvalue weighted by Gasteiger charge is -2.32. The molecule has 2 nitrogen and oxygen atoms in total. The molecule has 0 amide bonds. The molecule has 0 unspecified atom stereocenters. The van der Waals surface area contributed by atoms with Crippen molar-refractivity contribution in [2.45, 2.75) is 6.54 Å². The van der Waals surface area contributed by atoms with Gasteiger partial charge in [-0.2, -0.15) is 0 Å². The molecule has 1 aliphatic rings. The lowest BCUT2D eigenvalue weighted by molar-refractivity contribution is 0.981. The molecule has 0 spiro atoms. The zero-order valence-electron chi connectivity index (χ0n) is 20.8.